The van der Waals surface area contributed by atoms with E-state index in [1.54, 1.807) is 0 Å². The van der Waals surface area contributed by atoms with E-state index >= 15 is 0 Å². The summed E-state index contributed by atoms with van der Waals surface area (Å²) in [5, 5.41) is 33.9. The number of ketones is 1. The zero-order valence-electron chi connectivity index (χ0n) is 11.6. The Morgan fingerprint density at radius 1 is 1.29 bits per heavy atom. The summed E-state index contributed by atoms with van der Waals surface area (Å²) in [7, 11) is 0. The summed E-state index contributed by atoms with van der Waals surface area (Å²) in [6.45, 7) is 0. The molecule has 1 aliphatic heterocycles. The highest BCUT2D eigenvalue weighted by atomic mass is 32.1. The highest BCUT2D eigenvalue weighted by molar-refractivity contribution is 7.03. The lowest BCUT2D eigenvalue weighted by Gasteiger charge is -2.12. The molecule has 2 heterocycles. The maximum atomic E-state index is 13.5. The fourth-order valence-electron chi connectivity index (χ4n) is 2.05. The molecule has 3 rings (SSSR count). The first-order chi connectivity index (χ1) is 11.4. The van der Waals surface area contributed by atoms with Crippen LogP contribution >= 0.6 is 11.5 Å². The average molecular weight is 350 g/mol. The Balaban J connectivity index is 2.32. The van der Waals surface area contributed by atoms with Crippen LogP contribution in [-0.2, 0) is 4.79 Å². The smallest absolute Gasteiger partial charge is 0.320 e. The number of Topliss-reactive ketones (excluding diaryl/α,β-unsaturated/α-hetero) is 1. The second-order valence-corrected chi connectivity index (χ2v) is 5.39. The summed E-state index contributed by atoms with van der Waals surface area (Å²) in [6, 6.07) is 0. The van der Waals surface area contributed by atoms with E-state index in [4.69, 9.17) is 5.21 Å². The molecule has 24 heavy (non-hydrogen) atoms. The number of carbonyl (C=O) groups is 1. The van der Waals surface area contributed by atoms with Crippen LogP contribution < -0.4 is 9.88 Å². The predicted octanol–water partition coefficient (Wildman–Crippen LogP) is 0.0541. The first-order valence-electron chi connectivity index (χ1n) is 6.30. The molecule has 1 aromatic heterocycles. The van der Waals surface area contributed by atoms with Gasteiger partial charge >= 0.3 is 5.70 Å². The van der Waals surface area contributed by atoms with E-state index in [1.165, 1.54) is 6.08 Å². The van der Waals surface area contributed by atoms with Crippen LogP contribution in [0.4, 0.5) is 4.39 Å². The molecule has 0 bridgehead atoms. The fraction of sp³-hybridized carbons (Fsp3) is 0. The molecule has 1 aliphatic carbocycles. The second kappa shape index (κ2) is 5.79. The van der Waals surface area contributed by atoms with Crippen LogP contribution in [0, 0.1) is 10.1 Å². The van der Waals surface area contributed by atoms with Gasteiger partial charge in [0.15, 0.2) is 5.76 Å². The van der Waals surface area contributed by atoms with E-state index in [2.05, 4.69) is 9.59 Å². The van der Waals surface area contributed by atoms with Crippen molar-refractivity contribution in [3.05, 3.63) is 67.9 Å². The number of hydrogen-bond acceptors (Lipinski definition) is 9. The maximum Gasteiger partial charge on any atom is 0.320 e. The van der Waals surface area contributed by atoms with Gasteiger partial charge in [0.2, 0.25) is 5.95 Å². The third-order valence-corrected chi connectivity index (χ3v) is 3.93. The van der Waals surface area contributed by atoms with E-state index < -0.39 is 28.1 Å². The Morgan fingerprint density at radius 2 is 2.04 bits per heavy atom. The lowest BCUT2D eigenvalue weighted by Crippen LogP contribution is -2.28. The van der Waals surface area contributed by atoms with E-state index in [0.717, 1.165) is 36.0 Å². The summed E-state index contributed by atoms with van der Waals surface area (Å²) in [5.74, 6) is -2.85. The molecule has 0 unspecified atom stereocenters. The van der Waals surface area contributed by atoms with Gasteiger partial charge in [0.1, 0.15) is 5.35 Å². The number of nitro groups is 1. The van der Waals surface area contributed by atoms with Crippen LogP contribution in [0.3, 0.4) is 0 Å². The first kappa shape index (κ1) is 15.7. The van der Waals surface area contributed by atoms with Gasteiger partial charge in [-0.05, 0) is 23.7 Å². The number of aliphatic hydroxyl groups is 1. The van der Waals surface area contributed by atoms with Crippen LogP contribution in [-0.4, -0.2) is 35.7 Å². The third-order valence-electron chi connectivity index (χ3n) is 3.16. The Bertz CT molecular complexity index is 1000. The molecule has 9 nitrogen and oxygen atoms in total. The second-order valence-electron chi connectivity index (χ2n) is 4.63. The fourth-order valence-corrected chi connectivity index (χ4v) is 2.73. The van der Waals surface area contributed by atoms with Crippen molar-refractivity contribution in [2.45, 2.75) is 0 Å². The van der Waals surface area contributed by atoms with Crippen molar-refractivity contribution in [3.63, 3.8) is 0 Å². The number of nitrogens with zero attached hydrogens (tertiary/aromatic N) is 4. The molecular weight excluding hydrogens is 343 g/mol. The number of allylic oxidation sites excluding steroid dienone is 4. The van der Waals surface area contributed by atoms with Gasteiger partial charge in [-0.1, -0.05) is 4.49 Å². The average Bonchev–Trinajstić information content (AvgIpc) is 3.01. The molecule has 0 spiro atoms. The van der Waals surface area contributed by atoms with Gasteiger partial charge in [0.25, 0.3) is 5.78 Å². The molecule has 122 valence electrons. The predicted molar refractivity (Wildman–Crippen MR) is 78.7 cm³/mol. The summed E-state index contributed by atoms with van der Waals surface area (Å²) in [5.41, 5.74) is -0.406. The van der Waals surface area contributed by atoms with Gasteiger partial charge in [0.05, 0.1) is 9.46 Å². The monoisotopic (exact) mass is 350 g/mol. The largest absolute Gasteiger partial charge is 0.504 e. The van der Waals surface area contributed by atoms with Gasteiger partial charge < -0.3 is 5.11 Å². The maximum absolute atomic E-state index is 13.5. The lowest BCUT2D eigenvalue weighted by molar-refractivity contribution is -0.418. The summed E-state index contributed by atoms with van der Waals surface area (Å²) >= 11 is 0.888. The minimum Gasteiger partial charge on any atom is -0.504 e. The number of carbonyl (C=O) groups excluding carboxylic acids is 1. The van der Waals surface area contributed by atoms with Crippen LogP contribution in [0.15, 0.2) is 47.9 Å². The third kappa shape index (κ3) is 2.61. The Hall–Kier alpha value is -3.18. The van der Waals surface area contributed by atoms with Crippen molar-refractivity contribution in [2.24, 2.45) is 0 Å². The minimum atomic E-state index is -1.11. The number of aromatic nitrogens is 2. The molecule has 2 N–H and O–H groups in total. The molecule has 1 aromatic rings. The van der Waals surface area contributed by atoms with Crippen LogP contribution in [0.1, 0.15) is 0 Å². The van der Waals surface area contributed by atoms with Gasteiger partial charge in [-0.2, -0.15) is 4.39 Å². The van der Waals surface area contributed by atoms with Crippen LogP contribution in [0.25, 0.3) is 11.1 Å². The van der Waals surface area contributed by atoms with E-state index in [-0.39, 0.29) is 16.0 Å². The van der Waals surface area contributed by atoms with Crippen molar-refractivity contribution < 1.29 is 24.4 Å². The molecule has 0 amide bonds. The number of aliphatic hydroxyl groups excluding tert-OH is 1. The first-order valence-corrected chi connectivity index (χ1v) is 7.08. The van der Waals surface area contributed by atoms with Crippen molar-refractivity contribution in [2.75, 3.05) is 0 Å². The van der Waals surface area contributed by atoms with Crippen LogP contribution in [0.2, 0.25) is 0 Å². The SMILES string of the molecule is O=C1C(O)=CC(=c2nnsc2=C2C=CN(O)C(F)=C2)C=C1[N+](=O)[O-]. The van der Waals surface area contributed by atoms with Gasteiger partial charge in [-0.3, -0.25) is 20.1 Å². The van der Waals surface area contributed by atoms with Crippen molar-refractivity contribution >= 4 is 28.5 Å². The minimum absolute atomic E-state index is 0.0867. The molecule has 11 heteroatoms. The number of halogens is 1. The highest BCUT2D eigenvalue weighted by Crippen LogP contribution is 2.18. The molecule has 0 fully saturated rings. The standard InChI is InChI=1S/C13H7FN4O5S/c14-10-5-6(1-2-17(10)21)13-11(15-16-24-13)7-3-8(18(22)23)12(20)9(19)4-7/h1-5,19,21H. The highest BCUT2D eigenvalue weighted by Gasteiger charge is 2.30. The summed E-state index contributed by atoms with van der Waals surface area (Å²) in [6.07, 6.45) is 5.47. The molecule has 0 radical (unpaired) electrons. The lowest BCUT2D eigenvalue weighted by atomic mass is 10.0. The molecule has 2 aliphatic rings. The van der Waals surface area contributed by atoms with Gasteiger partial charge in [0, 0.05) is 29.5 Å². The van der Waals surface area contributed by atoms with E-state index in [0.29, 0.717) is 10.1 Å². The number of rotatable bonds is 1. The van der Waals surface area contributed by atoms with Gasteiger partial charge in [-0.25, -0.2) is 5.06 Å². The van der Waals surface area contributed by atoms with Gasteiger partial charge in [-0.15, -0.1) is 5.10 Å². The zero-order chi connectivity index (χ0) is 17.4. The molecule has 0 saturated carbocycles. The molecule has 0 saturated heterocycles. The van der Waals surface area contributed by atoms with Crippen molar-refractivity contribution in [3.8, 4) is 0 Å². The Kier molecular flexibility index (Phi) is 3.79. The molecule has 0 aromatic carbocycles. The molecular formula is C13H7FN4O5S. The van der Waals surface area contributed by atoms with Crippen molar-refractivity contribution in [1.82, 2.24) is 14.7 Å². The van der Waals surface area contributed by atoms with E-state index in [1.807, 2.05) is 0 Å². The Labute approximate surface area is 136 Å². The quantitative estimate of drug-likeness (QED) is 0.413. The number of hydrogen-bond donors (Lipinski definition) is 2. The topological polar surface area (TPSA) is 130 Å². The molecule has 0 atom stereocenters. The van der Waals surface area contributed by atoms with E-state index in [9.17, 15) is 24.4 Å². The van der Waals surface area contributed by atoms with Crippen molar-refractivity contribution in [1.29, 1.82) is 0 Å². The normalized spacial score (nSPS) is 22.2. The number of hydroxylamine groups is 2. The summed E-state index contributed by atoms with van der Waals surface area (Å²) < 4.78 is 17.6. The zero-order valence-corrected chi connectivity index (χ0v) is 12.4. The van der Waals surface area contributed by atoms with Crippen LogP contribution in [0.5, 0.6) is 0 Å². The summed E-state index contributed by atoms with van der Waals surface area (Å²) in [4.78, 5) is 21.6. The Morgan fingerprint density at radius 3 is 2.71 bits per heavy atom.